The maximum absolute atomic E-state index is 12.8. The molecule has 1 aromatic carbocycles. The van der Waals surface area contributed by atoms with E-state index in [1.165, 1.54) is 0 Å². The van der Waals surface area contributed by atoms with E-state index in [1.54, 1.807) is 29.5 Å². The summed E-state index contributed by atoms with van der Waals surface area (Å²) in [5.41, 5.74) is 0.699. The number of carbonyl (C=O) groups excluding carboxylic acids is 1. The van der Waals surface area contributed by atoms with Crippen molar-refractivity contribution < 1.29 is 9.90 Å². The van der Waals surface area contributed by atoms with Crippen molar-refractivity contribution in [2.75, 3.05) is 6.54 Å². The maximum Gasteiger partial charge on any atom is 0.293 e. The summed E-state index contributed by atoms with van der Waals surface area (Å²) >= 11 is 6.22. The van der Waals surface area contributed by atoms with E-state index in [9.17, 15) is 9.90 Å². The molecule has 1 fully saturated rings. The lowest BCUT2D eigenvalue weighted by Crippen LogP contribution is -2.37. The number of para-hydroxylation sites is 1. The van der Waals surface area contributed by atoms with Gasteiger partial charge in [0, 0.05) is 12.6 Å². The number of carbonyl (C=O) groups is 1. The molecule has 0 spiro atoms. The number of likely N-dealkylation sites (tertiary alicyclic amines) is 1. The van der Waals surface area contributed by atoms with Crippen molar-refractivity contribution in [3.8, 4) is 5.69 Å². The highest BCUT2D eigenvalue weighted by Gasteiger charge is 2.32. The lowest BCUT2D eigenvalue weighted by molar-refractivity contribution is 0.0670. The summed E-state index contributed by atoms with van der Waals surface area (Å²) in [6, 6.07) is 7.37. The van der Waals surface area contributed by atoms with Crippen LogP contribution in [0, 0.1) is 6.92 Å². The molecular weight excluding hydrogens is 328 g/mol. The van der Waals surface area contributed by atoms with Gasteiger partial charge in [-0.3, -0.25) is 4.79 Å². The van der Waals surface area contributed by atoms with Crippen LogP contribution in [0.3, 0.4) is 0 Å². The normalized spacial score (nSPS) is 18.8. The van der Waals surface area contributed by atoms with Crippen LogP contribution in [0.1, 0.15) is 42.6 Å². The molecule has 1 aliphatic rings. The number of halogens is 1. The number of rotatable bonds is 4. The second kappa shape index (κ2) is 6.91. The molecule has 1 saturated heterocycles. The molecule has 1 amide bonds. The van der Waals surface area contributed by atoms with Gasteiger partial charge < -0.3 is 10.0 Å². The standard InChI is InChI=1S/C17H21ClN4O2/c1-11(23)10-13-6-5-9-21(13)17(24)16-19-12(2)22(20-16)15-8-4-3-7-14(15)18/h3-4,7-8,11,13,23H,5-6,9-10H2,1-2H3. The Labute approximate surface area is 146 Å². The molecule has 3 rings (SSSR count). The van der Waals surface area contributed by atoms with E-state index in [2.05, 4.69) is 10.1 Å². The molecule has 2 aromatic rings. The third-order valence-electron chi connectivity index (χ3n) is 4.29. The van der Waals surface area contributed by atoms with Crippen LogP contribution in [0.4, 0.5) is 0 Å². The summed E-state index contributed by atoms with van der Waals surface area (Å²) in [6.45, 7) is 4.22. The third kappa shape index (κ3) is 3.30. The van der Waals surface area contributed by atoms with Crippen molar-refractivity contribution in [3.63, 3.8) is 0 Å². The zero-order valence-corrected chi connectivity index (χ0v) is 14.6. The molecule has 7 heteroatoms. The smallest absolute Gasteiger partial charge is 0.293 e. The predicted molar refractivity (Wildman–Crippen MR) is 91.5 cm³/mol. The summed E-state index contributed by atoms with van der Waals surface area (Å²) < 4.78 is 1.59. The molecule has 2 unspecified atom stereocenters. The summed E-state index contributed by atoms with van der Waals surface area (Å²) in [6.07, 6.45) is 1.99. The van der Waals surface area contributed by atoms with E-state index in [0.29, 0.717) is 29.5 Å². The Bertz CT molecular complexity index is 744. The largest absolute Gasteiger partial charge is 0.393 e. The van der Waals surface area contributed by atoms with Gasteiger partial charge in [-0.05, 0) is 45.2 Å². The summed E-state index contributed by atoms with van der Waals surface area (Å²) in [4.78, 5) is 18.9. The van der Waals surface area contributed by atoms with Crippen molar-refractivity contribution in [2.45, 2.75) is 45.3 Å². The number of aromatic nitrogens is 3. The van der Waals surface area contributed by atoms with E-state index >= 15 is 0 Å². The molecule has 6 nitrogen and oxygen atoms in total. The number of benzene rings is 1. The Hall–Kier alpha value is -1.92. The number of nitrogens with zero attached hydrogens (tertiary/aromatic N) is 4. The number of aryl methyl sites for hydroxylation is 1. The summed E-state index contributed by atoms with van der Waals surface area (Å²) in [7, 11) is 0. The van der Waals surface area contributed by atoms with Crippen LogP contribution in [0.25, 0.3) is 5.69 Å². The lowest BCUT2D eigenvalue weighted by atomic mass is 10.1. The highest BCUT2D eigenvalue weighted by atomic mass is 35.5. The van der Waals surface area contributed by atoms with E-state index in [-0.39, 0.29) is 17.8 Å². The second-order valence-corrected chi connectivity index (χ2v) is 6.63. The zero-order valence-electron chi connectivity index (χ0n) is 13.8. The Morgan fingerprint density at radius 1 is 1.46 bits per heavy atom. The van der Waals surface area contributed by atoms with E-state index in [1.807, 2.05) is 18.2 Å². The van der Waals surface area contributed by atoms with Gasteiger partial charge in [0.2, 0.25) is 5.82 Å². The fourth-order valence-corrected chi connectivity index (χ4v) is 3.42. The fourth-order valence-electron chi connectivity index (χ4n) is 3.20. The number of hydrogen-bond acceptors (Lipinski definition) is 4. The molecule has 2 atom stereocenters. The highest BCUT2D eigenvalue weighted by Crippen LogP contribution is 2.24. The molecule has 0 aliphatic carbocycles. The van der Waals surface area contributed by atoms with Gasteiger partial charge in [0.05, 0.1) is 16.8 Å². The fraction of sp³-hybridized carbons (Fsp3) is 0.471. The number of aliphatic hydroxyl groups excluding tert-OH is 1. The van der Waals surface area contributed by atoms with Crippen LogP contribution in [0.15, 0.2) is 24.3 Å². The van der Waals surface area contributed by atoms with Gasteiger partial charge in [0.15, 0.2) is 0 Å². The molecule has 128 valence electrons. The van der Waals surface area contributed by atoms with Crippen LogP contribution in [-0.2, 0) is 0 Å². The van der Waals surface area contributed by atoms with Gasteiger partial charge in [-0.25, -0.2) is 9.67 Å². The van der Waals surface area contributed by atoms with E-state index < -0.39 is 6.10 Å². The molecule has 2 heterocycles. The molecule has 0 bridgehead atoms. The highest BCUT2D eigenvalue weighted by molar-refractivity contribution is 6.32. The number of amides is 1. The minimum Gasteiger partial charge on any atom is -0.393 e. The topological polar surface area (TPSA) is 71.2 Å². The first-order valence-corrected chi connectivity index (χ1v) is 8.52. The van der Waals surface area contributed by atoms with Crippen molar-refractivity contribution >= 4 is 17.5 Å². The summed E-state index contributed by atoms with van der Waals surface area (Å²) in [5, 5.41) is 14.5. The van der Waals surface area contributed by atoms with Gasteiger partial charge >= 0.3 is 0 Å². The quantitative estimate of drug-likeness (QED) is 0.921. The third-order valence-corrected chi connectivity index (χ3v) is 4.61. The first-order valence-electron chi connectivity index (χ1n) is 8.15. The number of aliphatic hydroxyl groups is 1. The van der Waals surface area contributed by atoms with Crippen LogP contribution in [-0.4, -0.2) is 49.4 Å². The van der Waals surface area contributed by atoms with Gasteiger partial charge in [-0.1, -0.05) is 23.7 Å². The van der Waals surface area contributed by atoms with Gasteiger partial charge in [0.25, 0.3) is 5.91 Å². The van der Waals surface area contributed by atoms with Crippen LogP contribution < -0.4 is 0 Å². The predicted octanol–water partition coefficient (Wildman–Crippen LogP) is 2.60. The Kier molecular flexibility index (Phi) is 4.87. The minimum atomic E-state index is -0.432. The number of hydrogen-bond donors (Lipinski definition) is 1. The summed E-state index contributed by atoms with van der Waals surface area (Å²) in [5.74, 6) is 0.592. The average molecular weight is 349 g/mol. The maximum atomic E-state index is 12.8. The van der Waals surface area contributed by atoms with Gasteiger partial charge in [0.1, 0.15) is 5.82 Å². The van der Waals surface area contributed by atoms with Crippen molar-refractivity contribution in [1.29, 1.82) is 0 Å². The van der Waals surface area contributed by atoms with E-state index in [0.717, 1.165) is 12.8 Å². The van der Waals surface area contributed by atoms with Crippen molar-refractivity contribution in [2.24, 2.45) is 0 Å². The molecule has 1 aliphatic heterocycles. The molecule has 0 saturated carbocycles. The lowest BCUT2D eigenvalue weighted by Gasteiger charge is -2.24. The molecule has 1 aromatic heterocycles. The Morgan fingerprint density at radius 3 is 2.92 bits per heavy atom. The zero-order chi connectivity index (χ0) is 17.3. The van der Waals surface area contributed by atoms with Crippen LogP contribution in [0.2, 0.25) is 5.02 Å². The SMILES string of the molecule is Cc1nc(C(=O)N2CCCC2CC(C)O)nn1-c1ccccc1Cl. The monoisotopic (exact) mass is 348 g/mol. The van der Waals surface area contributed by atoms with Gasteiger partial charge in [-0.2, -0.15) is 0 Å². The molecule has 1 N–H and O–H groups in total. The first-order chi connectivity index (χ1) is 11.5. The van der Waals surface area contributed by atoms with Crippen molar-refractivity contribution in [3.05, 3.63) is 40.9 Å². The van der Waals surface area contributed by atoms with Crippen LogP contribution in [0.5, 0.6) is 0 Å². The Morgan fingerprint density at radius 2 is 2.21 bits per heavy atom. The first kappa shape index (κ1) is 16.9. The molecular formula is C17H21ClN4O2. The van der Waals surface area contributed by atoms with Gasteiger partial charge in [-0.15, -0.1) is 5.10 Å². The Balaban J connectivity index is 1.87. The van der Waals surface area contributed by atoms with Crippen molar-refractivity contribution in [1.82, 2.24) is 19.7 Å². The molecule has 0 radical (unpaired) electrons. The van der Waals surface area contributed by atoms with E-state index in [4.69, 9.17) is 11.6 Å². The average Bonchev–Trinajstić information content (AvgIpc) is 3.13. The minimum absolute atomic E-state index is 0.0464. The molecule has 24 heavy (non-hydrogen) atoms. The van der Waals surface area contributed by atoms with Crippen LogP contribution >= 0.6 is 11.6 Å². The second-order valence-electron chi connectivity index (χ2n) is 6.23.